The number of aliphatic hydroxyl groups is 1. The number of aryl methyl sites for hydroxylation is 1. The third-order valence-corrected chi connectivity index (χ3v) is 6.23. The van der Waals surface area contributed by atoms with Crippen molar-refractivity contribution >= 4 is 33.4 Å². The monoisotopic (exact) mass is 523 g/mol. The van der Waals surface area contributed by atoms with E-state index in [-0.39, 0.29) is 11.3 Å². The minimum Gasteiger partial charge on any atom is -0.507 e. The summed E-state index contributed by atoms with van der Waals surface area (Å²) in [6.07, 6.45) is 6.80. The van der Waals surface area contributed by atoms with E-state index in [0.717, 1.165) is 22.2 Å². The number of halogens is 1. The van der Waals surface area contributed by atoms with Gasteiger partial charge in [-0.2, -0.15) is 0 Å². The van der Waals surface area contributed by atoms with Gasteiger partial charge < -0.3 is 19.3 Å². The summed E-state index contributed by atoms with van der Waals surface area (Å²) in [6, 6.07) is 13.7. The van der Waals surface area contributed by atoms with Crippen LogP contribution in [0.15, 0.2) is 77.3 Å². The number of nitrogens with zero attached hydrogens (tertiary/aromatic N) is 3. The molecule has 1 saturated heterocycles. The topological polar surface area (TPSA) is 84.7 Å². The number of hydrogen-bond acceptors (Lipinski definition) is 5. The van der Waals surface area contributed by atoms with Crippen molar-refractivity contribution in [3.63, 3.8) is 0 Å². The predicted molar refractivity (Wildman–Crippen MR) is 132 cm³/mol. The smallest absolute Gasteiger partial charge is 0.295 e. The lowest BCUT2D eigenvalue weighted by Crippen LogP contribution is -2.31. The molecule has 34 heavy (non-hydrogen) atoms. The third kappa shape index (κ3) is 5.07. The van der Waals surface area contributed by atoms with Crippen LogP contribution in [0.2, 0.25) is 0 Å². The Labute approximate surface area is 206 Å². The Balaban J connectivity index is 1.69. The molecule has 1 aromatic heterocycles. The number of amides is 1. The fourth-order valence-corrected chi connectivity index (χ4v) is 4.29. The molecule has 1 aliphatic rings. The number of Topliss-reactive ketones (excluding diaryl/α,β-unsaturated/α-hetero) is 1. The molecule has 0 saturated carbocycles. The average Bonchev–Trinajstić information content (AvgIpc) is 3.45. The molecule has 2 heterocycles. The van der Waals surface area contributed by atoms with Crippen molar-refractivity contribution in [3.05, 3.63) is 88.4 Å². The summed E-state index contributed by atoms with van der Waals surface area (Å²) >= 11 is 3.38. The standard InChI is InChI=1S/C26H26BrN3O4/c1-2-16-34-21-10-6-18(7-11-21)23-22(24(31)19-4-8-20(27)9-5-19)25(32)26(33)30(23)14-3-13-29-15-12-28-17-29/h4-12,15,17,23,31H,2-3,13-14,16H2,1H3/b24-22+/t23-/m0/s1. The van der Waals surface area contributed by atoms with Crippen molar-refractivity contribution in [2.24, 2.45) is 0 Å². The van der Waals surface area contributed by atoms with Gasteiger partial charge in [0, 0.05) is 35.5 Å². The lowest BCUT2D eigenvalue weighted by Gasteiger charge is -2.25. The summed E-state index contributed by atoms with van der Waals surface area (Å²) in [7, 11) is 0. The number of aliphatic hydroxyl groups excluding tert-OH is 1. The van der Waals surface area contributed by atoms with E-state index in [1.54, 1.807) is 41.7 Å². The maximum absolute atomic E-state index is 13.1. The number of benzene rings is 2. The Kier molecular flexibility index (Phi) is 7.47. The number of rotatable bonds is 9. The van der Waals surface area contributed by atoms with E-state index in [0.29, 0.717) is 31.7 Å². The number of imidazole rings is 1. The SMILES string of the molecule is CCCOc1ccc([C@H]2/C(=C(\O)c3ccc(Br)cc3)C(=O)C(=O)N2CCCn2ccnc2)cc1. The minimum atomic E-state index is -0.688. The van der Waals surface area contributed by atoms with Gasteiger partial charge in [-0.05, 0) is 42.7 Å². The molecule has 0 unspecified atom stereocenters. The van der Waals surface area contributed by atoms with Crippen molar-refractivity contribution in [2.75, 3.05) is 13.2 Å². The maximum Gasteiger partial charge on any atom is 0.295 e. The van der Waals surface area contributed by atoms with E-state index < -0.39 is 17.7 Å². The first-order valence-electron chi connectivity index (χ1n) is 11.2. The number of ketones is 1. The van der Waals surface area contributed by atoms with E-state index >= 15 is 0 Å². The quantitative estimate of drug-likeness (QED) is 0.243. The zero-order valence-electron chi connectivity index (χ0n) is 18.9. The van der Waals surface area contributed by atoms with Crippen LogP contribution in [0, 0.1) is 0 Å². The van der Waals surface area contributed by atoms with Crippen LogP contribution in [0.5, 0.6) is 5.75 Å². The summed E-state index contributed by atoms with van der Waals surface area (Å²) in [4.78, 5) is 31.8. The molecule has 7 nitrogen and oxygen atoms in total. The van der Waals surface area contributed by atoms with Gasteiger partial charge in [0.25, 0.3) is 11.7 Å². The molecule has 176 valence electrons. The molecule has 0 radical (unpaired) electrons. The molecule has 3 aromatic rings. The van der Waals surface area contributed by atoms with Crippen molar-refractivity contribution < 1.29 is 19.4 Å². The first-order valence-corrected chi connectivity index (χ1v) is 12.0. The summed E-state index contributed by atoms with van der Waals surface area (Å²) in [5.74, 6) is -0.755. The van der Waals surface area contributed by atoms with Crippen molar-refractivity contribution in [2.45, 2.75) is 32.4 Å². The zero-order chi connectivity index (χ0) is 24.1. The van der Waals surface area contributed by atoms with Crippen LogP contribution in [0.25, 0.3) is 5.76 Å². The first kappa shape index (κ1) is 23.8. The highest BCUT2D eigenvalue weighted by atomic mass is 79.9. The molecule has 1 fully saturated rings. The van der Waals surface area contributed by atoms with Gasteiger partial charge in [-0.15, -0.1) is 0 Å². The van der Waals surface area contributed by atoms with Gasteiger partial charge >= 0.3 is 0 Å². The fraction of sp³-hybridized carbons (Fsp3) is 0.269. The Morgan fingerprint density at radius 1 is 1.09 bits per heavy atom. The van der Waals surface area contributed by atoms with Gasteiger partial charge in [-0.1, -0.05) is 47.1 Å². The Morgan fingerprint density at radius 3 is 2.47 bits per heavy atom. The van der Waals surface area contributed by atoms with Crippen molar-refractivity contribution in [3.8, 4) is 5.75 Å². The van der Waals surface area contributed by atoms with Gasteiger partial charge in [-0.3, -0.25) is 9.59 Å². The molecular formula is C26H26BrN3O4. The molecule has 1 aliphatic heterocycles. The third-order valence-electron chi connectivity index (χ3n) is 5.70. The number of ether oxygens (including phenoxy) is 1. The zero-order valence-corrected chi connectivity index (χ0v) is 20.4. The lowest BCUT2D eigenvalue weighted by atomic mass is 9.95. The summed E-state index contributed by atoms with van der Waals surface area (Å²) < 4.78 is 8.46. The molecule has 4 rings (SSSR count). The summed E-state index contributed by atoms with van der Waals surface area (Å²) in [5.41, 5.74) is 1.31. The normalized spacial score (nSPS) is 17.4. The maximum atomic E-state index is 13.1. The Hall–Kier alpha value is -3.39. The van der Waals surface area contributed by atoms with Crippen LogP contribution in [0.4, 0.5) is 0 Å². The molecule has 1 amide bonds. The second kappa shape index (κ2) is 10.7. The second-order valence-corrected chi connectivity index (χ2v) is 8.99. The van der Waals surface area contributed by atoms with E-state index in [4.69, 9.17) is 4.74 Å². The lowest BCUT2D eigenvalue weighted by molar-refractivity contribution is -0.139. The fourth-order valence-electron chi connectivity index (χ4n) is 4.03. The van der Waals surface area contributed by atoms with Gasteiger partial charge in [0.15, 0.2) is 0 Å². The first-order chi connectivity index (χ1) is 16.5. The number of hydrogen-bond donors (Lipinski definition) is 1. The number of carbonyl (C=O) groups is 2. The molecule has 0 aliphatic carbocycles. The van der Waals surface area contributed by atoms with Crippen molar-refractivity contribution in [1.29, 1.82) is 0 Å². The van der Waals surface area contributed by atoms with Gasteiger partial charge in [0.1, 0.15) is 11.5 Å². The second-order valence-electron chi connectivity index (χ2n) is 8.07. The molecule has 1 atom stereocenters. The van der Waals surface area contributed by atoms with Crippen LogP contribution in [-0.4, -0.2) is 44.4 Å². The molecule has 1 N–H and O–H groups in total. The summed E-state index contributed by atoms with van der Waals surface area (Å²) in [5, 5.41) is 11.1. The highest BCUT2D eigenvalue weighted by Gasteiger charge is 2.45. The average molecular weight is 524 g/mol. The molecule has 2 aromatic carbocycles. The number of likely N-dealkylation sites (tertiary alicyclic amines) is 1. The van der Waals surface area contributed by atoms with Crippen LogP contribution in [0.3, 0.4) is 0 Å². The van der Waals surface area contributed by atoms with Gasteiger partial charge in [-0.25, -0.2) is 4.98 Å². The predicted octanol–water partition coefficient (Wildman–Crippen LogP) is 4.95. The highest BCUT2D eigenvalue weighted by Crippen LogP contribution is 2.40. The Bertz CT molecular complexity index is 1170. The highest BCUT2D eigenvalue weighted by molar-refractivity contribution is 9.10. The van der Waals surface area contributed by atoms with E-state index in [1.165, 1.54) is 0 Å². The molecule has 8 heteroatoms. The summed E-state index contributed by atoms with van der Waals surface area (Å²) in [6.45, 7) is 3.66. The number of carbonyl (C=O) groups excluding carboxylic acids is 2. The van der Waals surface area contributed by atoms with Gasteiger partial charge in [0.05, 0.1) is 24.5 Å². The minimum absolute atomic E-state index is 0.0946. The van der Waals surface area contributed by atoms with Crippen LogP contribution in [-0.2, 0) is 16.1 Å². The van der Waals surface area contributed by atoms with E-state index in [2.05, 4.69) is 20.9 Å². The van der Waals surface area contributed by atoms with Crippen LogP contribution >= 0.6 is 15.9 Å². The van der Waals surface area contributed by atoms with Gasteiger partial charge in [0.2, 0.25) is 0 Å². The Morgan fingerprint density at radius 2 is 1.82 bits per heavy atom. The molecule has 0 spiro atoms. The van der Waals surface area contributed by atoms with Crippen LogP contribution < -0.4 is 4.74 Å². The number of aromatic nitrogens is 2. The molecular weight excluding hydrogens is 498 g/mol. The van der Waals surface area contributed by atoms with Crippen LogP contribution in [0.1, 0.15) is 36.9 Å². The molecule has 0 bridgehead atoms. The largest absolute Gasteiger partial charge is 0.507 e. The van der Waals surface area contributed by atoms with E-state index in [9.17, 15) is 14.7 Å². The van der Waals surface area contributed by atoms with E-state index in [1.807, 2.05) is 42.0 Å². The van der Waals surface area contributed by atoms with Crippen molar-refractivity contribution in [1.82, 2.24) is 14.5 Å².